The Morgan fingerprint density at radius 3 is 3.08 bits per heavy atom. The smallest absolute Gasteiger partial charge is 0.314 e. The lowest BCUT2D eigenvalue weighted by molar-refractivity contribution is -0.132. The third-order valence-electron chi connectivity index (χ3n) is 4.20. The predicted molar refractivity (Wildman–Crippen MR) is 91.9 cm³/mol. The number of halogens is 1. The van der Waals surface area contributed by atoms with Crippen LogP contribution in [0.3, 0.4) is 0 Å². The second-order valence-electron chi connectivity index (χ2n) is 5.78. The van der Waals surface area contributed by atoms with Gasteiger partial charge in [0, 0.05) is 31.6 Å². The summed E-state index contributed by atoms with van der Waals surface area (Å²) in [6.45, 7) is 1.03. The fourth-order valence-electron chi connectivity index (χ4n) is 3.02. The van der Waals surface area contributed by atoms with E-state index in [0.29, 0.717) is 18.1 Å². The Balaban J connectivity index is 1.69. The van der Waals surface area contributed by atoms with E-state index in [-0.39, 0.29) is 24.4 Å². The molecule has 24 heavy (non-hydrogen) atoms. The minimum absolute atomic E-state index is 0.0207. The lowest BCUT2D eigenvalue weighted by Crippen LogP contribution is -2.37. The largest absolute Gasteiger partial charge is 0.341 e. The molecule has 7 nitrogen and oxygen atoms in total. The molecule has 1 aromatic carbocycles. The van der Waals surface area contributed by atoms with Crippen molar-refractivity contribution in [3.8, 4) is 0 Å². The van der Waals surface area contributed by atoms with Crippen LogP contribution >= 0.6 is 11.6 Å². The van der Waals surface area contributed by atoms with Crippen molar-refractivity contribution >= 4 is 34.6 Å². The minimum Gasteiger partial charge on any atom is -0.341 e. The molecule has 8 heteroatoms. The van der Waals surface area contributed by atoms with E-state index in [1.807, 2.05) is 17.0 Å². The number of aromatic amines is 1. The first kappa shape index (κ1) is 16.6. The minimum atomic E-state index is -0.282. The number of fused-ring (bicyclic) bond motifs is 1. The molecule has 1 aliphatic heterocycles. The van der Waals surface area contributed by atoms with Crippen LogP contribution in [-0.2, 0) is 4.79 Å². The van der Waals surface area contributed by atoms with E-state index >= 15 is 0 Å². The van der Waals surface area contributed by atoms with Gasteiger partial charge >= 0.3 is 6.03 Å². The third kappa shape index (κ3) is 3.46. The van der Waals surface area contributed by atoms with Crippen molar-refractivity contribution in [2.75, 3.05) is 20.1 Å². The molecule has 0 spiro atoms. The fraction of sp³-hybridized carbons (Fsp3) is 0.438. The van der Waals surface area contributed by atoms with E-state index in [9.17, 15) is 9.59 Å². The summed E-state index contributed by atoms with van der Waals surface area (Å²) in [5.41, 5.74) is 1.72. The van der Waals surface area contributed by atoms with Gasteiger partial charge in [0.25, 0.3) is 0 Å². The van der Waals surface area contributed by atoms with Crippen LogP contribution in [-0.4, -0.2) is 46.9 Å². The van der Waals surface area contributed by atoms with Gasteiger partial charge in [-0.1, -0.05) is 11.6 Å². The molecule has 0 saturated carbocycles. The Labute approximate surface area is 144 Å². The lowest BCUT2D eigenvalue weighted by atomic mass is 10.2. The van der Waals surface area contributed by atoms with Crippen LogP contribution in [0.2, 0.25) is 5.02 Å². The summed E-state index contributed by atoms with van der Waals surface area (Å²) in [6, 6.07) is 5.17. The number of nitrogens with one attached hydrogen (secondary N) is 3. The molecule has 1 aliphatic rings. The average Bonchev–Trinajstić information content (AvgIpc) is 3.20. The van der Waals surface area contributed by atoms with Gasteiger partial charge in [-0.2, -0.15) is 0 Å². The molecule has 1 unspecified atom stereocenters. The zero-order valence-electron chi connectivity index (χ0n) is 13.4. The summed E-state index contributed by atoms with van der Waals surface area (Å²) < 4.78 is 0. The van der Waals surface area contributed by atoms with Gasteiger partial charge in [0.2, 0.25) is 5.91 Å². The number of carbonyl (C=O) groups excluding carboxylic acids is 2. The molecule has 2 heterocycles. The van der Waals surface area contributed by atoms with Crippen molar-refractivity contribution in [1.29, 1.82) is 0 Å². The molecular weight excluding hydrogens is 330 g/mol. The van der Waals surface area contributed by atoms with Crippen LogP contribution < -0.4 is 10.6 Å². The number of imidazole rings is 1. The van der Waals surface area contributed by atoms with E-state index in [1.165, 1.54) is 0 Å². The van der Waals surface area contributed by atoms with Crippen LogP contribution in [0.15, 0.2) is 18.2 Å². The van der Waals surface area contributed by atoms with Gasteiger partial charge in [0.15, 0.2) is 0 Å². The molecule has 1 aromatic heterocycles. The second kappa shape index (κ2) is 7.09. The van der Waals surface area contributed by atoms with Crippen molar-refractivity contribution in [3.63, 3.8) is 0 Å². The van der Waals surface area contributed by atoms with E-state index in [1.54, 1.807) is 13.1 Å². The Morgan fingerprint density at radius 2 is 2.29 bits per heavy atom. The van der Waals surface area contributed by atoms with Gasteiger partial charge in [0.05, 0.1) is 17.1 Å². The highest BCUT2D eigenvalue weighted by Gasteiger charge is 2.31. The second-order valence-corrected chi connectivity index (χ2v) is 6.22. The van der Waals surface area contributed by atoms with E-state index in [4.69, 9.17) is 11.6 Å². The van der Waals surface area contributed by atoms with Crippen molar-refractivity contribution in [1.82, 2.24) is 25.5 Å². The molecule has 0 bridgehead atoms. The fourth-order valence-corrected chi connectivity index (χ4v) is 3.20. The number of amides is 3. The third-order valence-corrected chi connectivity index (χ3v) is 4.44. The van der Waals surface area contributed by atoms with E-state index in [0.717, 1.165) is 29.7 Å². The molecule has 1 fully saturated rings. The number of hydrogen-bond acceptors (Lipinski definition) is 3. The molecule has 1 atom stereocenters. The van der Waals surface area contributed by atoms with Gasteiger partial charge in [-0.15, -0.1) is 0 Å². The van der Waals surface area contributed by atoms with Crippen LogP contribution in [0.1, 0.15) is 31.1 Å². The summed E-state index contributed by atoms with van der Waals surface area (Å²) in [6.07, 6.45) is 2.09. The Kier molecular flexibility index (Phi) is 4.89. The quantitative estimate of drug-likeness (QED) is 0.790. The molecule has 0 radical (unpaired) electrons. The van der Waals surface area contributed by atoms with Crippen LogP contribution in [0.4, 0.5) is 4.79 Å². The number of urea groups is 1. The van der Waals surface area contributed by atoms with E-state index in [2.05, 4.69) is 20.6 Å². The molecule has 3 rings (SSSR count). The van der Waals surface area contributed by atoms with Crippen molar-refractivity contribution in [2.24, 2.45) is 0 Å². The monoisotopic (exact) mass is 349 g/mol. The first-order chi connectivity index (χ1) is 11.6. The summed E-state index contributed by atoms with van der Waals surface area (Å²) in [5, 5.41) is 5.75. The number of likely N-dealkylation sites (tertiary alicyclic amines) is 1. The maximum Gasteiger partial charge on any atom is 0.314 e. The SMILES string of the molecule is CNC(=O)NCCC(=O)N1CCCC1c1nc2ccc(Cl)cc2[nH]1. The van der Waals surface area contributed by atoms with Crippen molar-refractivity contribution in [2.45, 2.75) is 25.3 Å². The molecule has 0 aliphatic carbocycles. The normalized spacial score (nSPS) is 17.2. The summed E-state index contributed by atoms with van der Waals surface area (Å²) in [4.78, 5) is 33.3. The number of benzene rings is 1. The summed E-state index contributed by atoms with van der Waals surface area (Å²) in [5.74, 6) is 0.810. The maximum absolute atomic E-state index is 12.5. The van der Waals surface area contributed by atoms with Crippen molar-refractivity contribution < 1.29 is 9.59 Å². The molecule has 3 amide bonds. The summed E-state index contributed by atoms with van der Waals surface area (Å²) >= 11 is 6.01. The Bertz CT molecular complexity index is 760. The first-order valence-electron chi connectivity index (χ1n) is 7.98. The highest BCUT2D eigenvalue weighted by atomic mass is 35.5. The topological polar surface area (TPSA) is 90.1 Å². The standard InChI is InChI=1S/C16H20ClN5O2/c1-18-16(24)19-7-6-14(23)22-8-2-3-13(22)15-20-11-5-4-10(17)9-12(11)21-15/h4-5,9,13H,2-3,6-8H2,1H3,(H,20,21)(H2,18,19,24). The number of hydrogen-bond donors (Lipinski definition) is 3. The molecule has 1 saturated heterocycles. The van der Waals surface area contributed by atoms with E-state index < -0.39 is 0 Å². The summed E-state index contributed by atoms with van der Waals surface area (Å²) in [7, 11) is 1.54. The highest BCUT2D eigenvalue weighted by Crippen LogP contribution is 2.32. The number of carbonyl (C=O) groups is 2. The lowest BCUT2D eigenvalue weighted by Gasteiger charge is -2.23. The predicted octanol–water partition coefficient (Wildman–Crippen LogP) is 2.20. The number of nitrogens with zero attached hydrogens (tertiary/aromatic N) is 2. The van der Waals surface area contributed by atoms with Crippen LogP contribution in [0, 0.1) is 0 Å². The first-order valence-corrected chi connectivity index (χ1v) is 8.36. The average molecular weight is 350 g/mol. The zero-order chi connectivity index (χ0) is 17.1. The maximum atomic E-state index is 12.5. The van der Waals surface area contributed by atoms with Gasteiger partial charge in [-0.25, -0.2) is 9.78 Å². The van der Waals surface area contributed by atoms with Gasteiger partial charge in [0.1, 0.15) is 5.82 Å². The molecule has 128 valence electrons. The van der Waals surface area contributed by atoms with Gasteiger partial charge in [-0.05, 0) is 31.0 Å². The number of H-pyrrole nitrogens is 1. The number of aromatic nitrogens is 2. The van der Waals surface area contributed by atoms with Crippen molar-refractivity contribution in [3.05, 3.63) is 29.0 Å². The zero-order valence-corrected chi connectivity index (χ0v) is 14.2. The molecular formula is C16H20ClN5O2. The molecule has 3 N–H and O–H groups in total. The highest BCUT2D eigenvalue weighted by molar-refractivity contribution is 6.31. The van der Waals surface area contributed by atoms with Gasteiger partial charge in [-0.3, -0.25) is 4.79 Å². The van der Waals surface area contributed by atoms with Crippen LogP contribution in [0.25, 0.3) is 11.0 Å². The number of rotatable bonds is 4. The molecule has 2 aromatic rings. The van der Waals surface area contributed by atoms with Gasteiger partial charge < -0.3 is 20.5 Å². The van der Waals surface area contributed by atoms with Crippen LogP contribution in [0.5, 0.6) is 0 Å². The Hall–Kier alpha value is -2.28. The Morgan fingerprint density at radius 1 is 1.46 bits per heavy atom.